The van der Waals surface area contributed by atoms with Crippen molar-refractivity contribution in [2.24, 2.45) is 16.3 Å². The Morgan fingerprint density at radius 2 is 1.96 bits per heavy atom. The fourth-order valence-electron chi connectivity index (χ4n) is 4.48. The minimum absolute atomic E-state index is 0. The van der Waals surface area contributed by atoms with E-state index in [4.69, 9.17) is 4.74 Å². The molecular formula is C18H35IN4O. The number of guanidine groups is 1. The maximum absolute atomic E-state index is 5.65. The second kappa shape index (κ2) is 9.03. The molecule has 3 heterocycles. The second-order valence-corrected chi connectivity index (χ2v) is 7.96. The van der Waals surface area contributed by atoms with E-state index in [1.807, 2.05) is 7.05 Å². The molecule has 0 saturated carbocycles. The molecule has 6 heteroatoms. The molecule has 24 heavy (non-hydrogen) atoms. The molecule has 3 rings (SSSR count). The first kappa shape index (κ1) is 20.2. The van der Waals surface area contributed by atoms with Gasteiger partial charge in [-0.2, -0.15) is 0 Å². The van der Waals surface area contributed by atoms with Crippen molar-refractivity contribution in [3.8, 4) is 0 Å². The zero-order valence-corrected chi connectivity index (χ0v) is 17.9. The first-order valence-electron chi connectivity index (χ1n) is 9.41. The number of nitrogens with one attached hydrogen (secondary N) is 1. The normalized spacial score (nSPS) is 29.5. The van der Waals surface area contributed by atoms with Gasteiger partial charge in [0.2, 0.25) is 0 Å². The molecule has 0 aromatic rings. The van der Waals surface area contributed by atoms with Gasteiger partial charge in [-0.05, 0) is 44.7 Å². The maximum Gasteiger partial charge on any atom is 0.193 e. The summed E-state index contributed by atoms with van der Waals surface area (Å²) in [4.78, 5) is 9.65. The summed E-state index contributed by atoms with van der Waals surface area (Å²) in [5.41, 5.74) is 0.393. The first-order valence-corrected chi connectivity index (χ1v) is 9.41. The minimum atomic E-state index is 0. The van der Waals surface area contributed by atoms with Crippen molar-refractivity contribution >= 4 is 29.9 Å². The van der Waals surface area contributed by atoms with Crippen molar-refractivity contribution in [1.29, 1.82) is 0 Å². The molecule has 3 fully saturated rings. The molecule has 3 aliphatic rings. The minimum Gasteiger partial charge on any atom is -0.381 e. The molecule has 0 aromatic carbocycles. The average molecular weight is 450 g/mol. The first-order chi connectivity index (χ1) is 11.1. The van der Waals surface area contributed by atoms with Crippen molar-refractivity contribution in [2.75, 3.05) is 53.0 Å². The van der Waals surface area contributed by atoms with Crippen LogP contribution in [-0.4, -0.2) is 74.8 Å². The van der Waals surface area contributed by atoms with Crippen LogP contribution in [0.1, 0.15) is 39.5 Å². The molecular weight excluding hydrogens is 415 g/mol. The number of rotatable bonds is 4. The Bertz CT molecular complexity index is 417. The maximum atomic E-state index is 5.65. The third-order valence-electron chi connectivity index (χ3n) is 5.98. The van der Waals surface area contributed by atoms with E-state index in [1.54, 1.807) is 0 Å². The van der Waals surface area contributed by atoms with Crippen molar-refractivity contribution in [3.05, 3.63) is 0 Å². The third-order valence-corrected chi connectivity index (χ3v) is 5.98. The lowest BCUT2D eigenvalue weighted by Crippen LogP contribution is -2.49. The summed E-state index contributed by atoms with van der Waals surface area (Å²) in [6.45, 7) is 12.3. The van der Waals surface area contributed by atoms with E-state index in [2.05, 4.69) is 34.0 Å². The average Bonchev–Trinajstić information content (AvgIpc) is 3.27. The summed E-state index contributed by atoms with van der Waals surface area (Å²) in [7, 11) is 1.92. The van der Waals surface area contributed by atoms with Gasteiger partial charge in [-0.3, -0.25) is 9.89 Å². The van der Waals surface area contributed by atoms with Crippen LogP contribution < -0.4 is 5.32 Å². The molecule has 2 unspecified atom stereocenters. The van der Waals surface area contributed by atoms with Gasteiger partial charge in [0, 0.05) is 44.7 Å². The monoisotopic (exact) mass is 450 g/mol. The van der Waals surface area contributed by atoms with Crippen LogP contribution in [0.25, 0.3) is 0 Å². The molecule has 0 aromatic heterocycles. The molecule has 0 radical (unpaired) electrons. The number of hydrogen-bond acceptors (Lipinski definition) is 3. The SMILES string of the molecule is CN=C(NCC(C(C)C)N1CCCC1)N1CCC2(CCOC2)C1.I. The molecule has 1 spiro atoms. The Balaban J connectivity index is 0.00000208. The summed E-state index contributed by atoms with van der Waals surface area (Å²) in [5, 5.41) is 3.67. The van der Waals surface area contributed by atoms with Gasteiger partial charge in [-0.15, -0.1) is 24.0 Å². The lowest BCUT2D eigenvalue weighted by molar-refractivity contribution is 0.156. The predicted molar refractivity (Wildman–Crippen MR) is 110 cm³/mol. The van der Waals surface area contributed by atoms with E-state index in [9.17, 15) is 0 Å². The lowest BCUT2D eigenvalue weighted by atomic mass is 9.87. The van der Waals surface area contributed by atoms with E-state index in [0.29, 0.717) is 17.4 Å². The number of aliphatic imine (C=N–C) groups is 1. The fourth-order valence-corrected chi connectivity index (χ4v) is 4.48. The van der Waals surface area contributed by atoms with Gasteiger partial charge in [0.25, 0.3) is 0 Å². The Morgan fingerprint density at radius 1 is 1.21 bits per heavy atom. The van der Waals surface area contributed by atoms with Crippen LogP contribution in [0, 0.1) is 11.3 Å². The summed E-state index contributed by atoms with van der Waals surface area (Å²) < 4.78 is 5.65. The number of nitrogens with zero attached hydrogens (tertiary/aromatic N) is 3. The topological polar surface area (TPSA) is 40.1 Å². The molecule has 140 valence electrons. The van der Waals surface area contributed by atoms with Gasteiger partial charge >= 0.3 is 0 Å². The van der Waals surface area contributed by atoms with Crippen LogP contribution >= 0.6 is 24.0 Å². The number of hydrogen-bond donors (Lipinski definition) is 1. The zero-order valence-electron chi connectivity index (χ0n) is 15.6. The standard InChI is InChI=1S/C18H34N4O.HI/c1-15(2)16(21-8-4-5-9-21)12-20-17(19-3)22-10-6-18(13-22)7-11-23-14-18;/h15-16H,4-14H2,1-3H3,(H,19,20);1H. The van der Waals surface area contributed by atoms with Crippen LogP contribution in [0.15, 0.2) is 4.99 Å². The van der Waals surface area contributed by atoms with Gasteiger partial charge in [-0.25, -0.2) is 0 Å². The molecule has 3 aliphatic heterocycles. The summed E-state index contributed by atoms with van der Waals surface area (Å²) in [6, 6.07) is 0.612. The molecule has 0 bridgehead atoms. The quantitative estimate of drug-likeness (QED) is 0.406. The molecule has 1 N–H and O–H groups in total. The molecule has 0 amide bonds. The van der Waals surface area contributed by atoms with E-state index in [-0.39, 0.29) is 24.0 Å². The second-order valence-electron chi connectivity index (χ2n) is 7.96. The van der Waals surface area contributed by atoms with Crippen molar-refractivity contribution in [1.82, 2.24) is 15.1 Å². The molecule has 2 atom stereocenters. The predicted octanol–water partition coefficient (Wildman–Crippen LogP) is 2.41. The van der Waals surface area contributed by atoms with Gasteiger partial charge in [0.05, 0.1) is 6.61 Å². The summed E-state index contributed by atoms with van der Waals surface area (Å²) in [5.74, 6) is 1.76. The van der Waals surface area contributed by atoms with Gasteiger partial charge < -0.3 is 15.0 Å². The Labute approximate surface area is 164 Å². The largest absolute Gasteiger partial charge is 0.381 e. The van der Waals surface area contributed by atoms with Crippen LogP contribution in [0.3, 0.4) is 0 Å². The van der Waals surface area contributed by atoms with Crippen LogP contribution in [0.4, 0.5) is 0 Å². The Kier molecular flexibility index (Phi) is 7.61. The molecule has 3 saturated heterocycles. The van der Waals surface area contributed by atoms with Gasteiger partial charge in [-0.1, -0.05) is 13.8 Å². The number of ether oxygens (including phenoxy) is 1. The van der Waals surface area contributed by atoms with Crippen LogP contribution in [-0.2, 0) is 4.74 Å². The highest BCUT2D eigenvalue weighted by atomic mass is 127. The number of likely N-dealkylation sites (tertiary alicyclic amines) is 2. The Hall–Kier alpha value is -0.0800. The van der Waals surface area contributed by atoms with Crippen molar-refractivity contribution in [2.45, 2.75) is 45.6 Å². The third kappa shape index (κ3) is 4.55. The zero-order chi connectivity index (χ0) is 16.3. The molecule has 5 nitrogen and oxygen atoms in total. The van der Waals surface area contributed by atoms with E-state index >= 15 is 0 Å². The highest BCUT2D eigenvalue weighted by Gasteiger charge is 2.42. The summed E-state index contributed by atoms with van der Waals surface area (Å²) in [6.07, 6.45) is 5.16. The lowest BCUT2D eigenvalue weighted by Gasteiger charge is -2.33. The number of halogens is 1. The van der Waals surface area contributed by atoms with Crippen LogP contribution in [0.5, 0.6) is 0 Å². The highest BCUT2D eigenvalue weighted by molar-refractivity contribution is 14.0. The van der Waals surface area contributed by atoms with E-state index < -0.39 is 0 Å². The van der Waals surface area contributed by atoms with Gasteiger partial charge in [0.15, 0.2) is 5.96 Å². The van der Waals surface area contributed by atoms with Gasteiger partial charge in [0.1, 0.15) is 0 Å². The highest BCUT2D eigenvalue weighted by Crippen LogP contribution is 2.38. The Morgan fingerprint density at radius 3 is 2.54 bits per heavy atom. The van der Waals surface area contributed by atoms with Crippen molar-refractivity contribution in [3.63, 3.8) is 0 Å². The smallest absolute Gasteiger partial charge is 0.193 e. The molecule has 0 aliphatic carbocycles. The fraction of sp³-hybridized carbons (Fsp3) is 0.944. The van der Waals surface area contributed by atoms with E-state index in [0.717, 1.165) is 38.8 Å². The summed E-state index contributed by atoms with van der Waals surface area (Å²) >= 11 is 0. The van der Waals surface area contributed by atoms with Crippen molar-refractivity contribution < 1.29 is 4.74 Å². The van der Waals surface area contributed by atoms with E-state index in [1.165, 1.54) is 38.8 Å². The van der Waals surface area contributed by atoms with Crippen LogP contribution in [0.2, 0.25) is 0 Å².